The summed E-state index contributed by atoms with van der Waals surface area (Å²) >= 11 is 4.11. The summed E-state index contributed by atoms with van der Waals surface area (Å²) in [6.45, 7) is 4.11. The lowest BCUT2D eigenvalue weighted by atomic mass is 10.2. The van der Waals surface area contributed by atoms with Crippen molar-refractivity contribution in [3.8, 4) is 0 Å². The minimum atomic E-state index is -0.147. The Morgan fingerprint density at radius 2 is 1.93 bits per heavy atom. The molecule has 2 heterocycles. The van der Waals surface area contributed by atoms with Crippen molar-refractivity contribution in [2.24, 2.45) is 0 Å². The molecule has 1 N–H and O–H groups in total. The Morgan fingerprint density at radius 3 is 2.68 bits per heavy atom. The molecule has 0 aliphatic rings. The summed E-state index contributed by atoms with van der Waals surface area (Å²) in [5.74, 6) is 0.0767. The SMILES string of the molecule is Cc1sc2ncnc(SCC(=O)Nc3ccccc3SC(=O)N(C)C)c2c1C. The van der Waals surface area contributed by atoms with E-state index in [0.29, 0.717) is 10.6 Å². The fraction of sp³-hybridized carbons (Fsp3) is 0.263. The van der Waals surface area contributed by atoms with Crippen LogP contribution in [0.4, 0.5) is 10.5 Å². The van der Waals surface area contributed by atoms with Gasteiger partial charge in [-0.3, -0.25) is 9.59 Å². The summed E-state index contributed by atoms with van der Waals surface area (Å²) < 4.78 is 0. The summed E-state index contributed by atoms with van der Waals surface area (Å²) in [5.41, 5.74) is 1.79. The standard InChI is InChI=1S/C19H20N4O2S3/c1-11-12(2)27-18-16(11)17(20-10-21-18)26-9-15(24)22-13-7-5-6-8-14(13)28-19(25)23(3)4/h5-8,10H,9H2,1-4H3,(H,22,24). The summed E-state index contributed by atoms with van der Waals surface area (Å²) in [6, 6.07) is 7.29. The van der Waals surface area contributed by atoms with Gasteiger partial charge in [-0.1, -0.05) is 23.9 Å². The predicted octanol–water partition coefficient (Wildman–Crippen LogP) is 4.81. The van der Waals surface area contributed by atoms with Crippen LogP contribution in [-0.4, -0.2) is 45.9 Å². The van der Waals surface area contributed by atoms with Gasteiger partial charge < -0.3 is 10.2 Å². The third kappa shape index (κ3) is 4.65. The predicted molar refractivity (Wildman–Crippen MR) is 118 cm³/mol. The maximum atomic E-state index is 12.5. The molecule has 0 bridgehead atoms. The van der Waals surface area contributed by atoms with Crippen LogP contribution >= 0.6 is 34.9 Å². The van der Waals surface area contributed by atoms with Crippen molar-refractivity contribution in [1.29, 1.82) is 0 Å². The van der Waals surface area contributed by atoms with Crippen molar-refractivity contribution in [2.45, 2.75) is 23.8 Å². The smallest absolute Gasteiger partial charge is 0.286 e. The van der Waals surface area contributed by atoms with Crippen LogP contribution < -0.4 is 5.32 Å². The first kappa shape index (κ1) is 20.6. The molecule has 3 aromatic rings. The molecule has 1 aromatic carbocycles. The Labute approximate surface area is 176 Å². The number of thioether (sulfide) groups is 2. The Hall–Kier alpha value is -2.10. The van der Waals surface area contributed by atoms with Crippen LogP contribution in [0, 0.1) is 13.8 Å². The van der Waals surface area contributed by atoms with Gasteiger partial charge >= 0.3 is 0 Å². The number of rotatable bonds is 5. The van der Waals surface area contributed by atoms with Crippen molar-refractivity contribution in [3.63, 3.8) is 0 Å². The van der Waals surface area contributed by atoms with E-state index in [9.17, 15) is 9.59 Å². The van der Waals surface area contributed by atoms with Gasteiger partial charge in [-0.15, -0.1) is 11.3 Å². The number of nitrogens with one attached hydrogen (secondary N) is 1. The van der Waals surface area contributed by atoms with Crippen LogP contribution in [0.5, 0.6) is 0 Å². The highest BCUT2D eigenvalue weighted by molar-refractivity contribution is 8.13. The van der Waals surface area contributed by atoms with Gasteiger partial charge in [0.05, 0.1) is 11.4 Å². The molecule has 0 aliphatic carbocycles. The van der Waals surface area contributed by atoms with E-state index in [1.54, 1.807) is 31.5 Å². The van der Waals surface area contributed by atoms with Crippen LogP contribution in [0.2, 0.25) is 0 Å². The Morgan fingerprint density at radius 1 is 1.18 bits per heavy atom. The molecular formula is C19H20N4O2S3. The quantitative estimate of drug-likeness (QED) is 0.460. The maximum Gasteiger partial charge on any atom is 0.286 e. The van der Waals surface area contributed by atoms with Crippen LogP contribution in [-0.2, 0) is 4.79 Å². The topological polar surface area (TPSA) is 75.2 Å². The molecule has 0 atom stereocenters. The molecule has 0 spiro atoms. The molecule has 0 radical (unpaired) electrons. The highest BCUT2D eigenvalue weighted by Crippen LogP contribution is 2.34. The average molecular weight is 433 g/mol. The number of carbonyl (C=O) groups excluding carboxylic acids is 2. The van der Waals surface area contributed by atoms with Crippen molar-refractivity contribution in [1.82, 2.24) is 14.9 Å². The largest absolute Gasteiger partial charge is 0.339 e. The van der Waals surface area contributed by atoms with Crippen LogP contribution in [0.1, 0.15) is 10.4 Å². The fourth-order valence-corrected chi connectivity index (χ4v) is 5.09. The van der Waals surface area contributed by atoms with Crippen molar-refractivity contribution >= 4 is 61.9 Å². The van der Waals surface area contributed by atoms with Crippen molar-refractivity contribution in [3.05, 3.63) is 41.0 Å². The minimum absolute atomic E-state index is 0.0947. The van der Waals surface area contributed by atoms with Crippen molar-refractivity contribution < 1.29 is 9.59 Å². The molecule has 0 unspecified atom stereocenters. The highest BCUT2D eigenvalue weighted by atomic mass is 32.2. The van der Waals surface area contributed by atoms with E-state index in [4.69, 9.17) is 0 Å². The van der Waals surface area contributed by atoms with E-state index in [1.807, 2.05) is 18.2 Å². The second-order valence-corrected chi connectivity index (χ2v) is 9.40. The van der Waals surface area contributed by atoms with Crippen LogP contribution in [0.25, 0.3) is 10.2 Å². The van der Waals surface area contributed by atoms with Gasteiger partial charge in [0.25, 0.3) is 5.24 Å². The molecule has 3 rings (SSSR count). The van der Waals surface area contributed by atoms with Gasteiger partial charge in [0.1, 0.15) is 16.2 Å². The third-order valence-electron chi connectivity index (χ3n) is 3.99. The summed E-state index contributed by atoms with van der Waals surface area (Å²) in [5, 5.41) is 4.64. The molecule has 0 saturated heterocycles. The molecular weight excluding hydrogens is 412 g/mol. The van der Waals surface area contributed by atoms with E-state index in [2.05, 4.69) is 29.1 Å². The lowest BCUT2D eigenvalue weighted by Crippen LogP contribution is -2.17. The summed E-state index contributed by atoms with van der Waals surface area (Å²) in [7, 11) is 3.40. The Kier molecular flexibility index (Phi) is 6.58. The van der Waals surface area contributed by atoms with Crippen molar-refractivity contribution in [2.75, 3.05) is 25.2 Å². The molecule has 28 heavy (non-hydrogen) atoms. The molecule has 6 nitrogen and oxygen atoms in total. The monoisotopic (exact) mass is 432 g/mol. The van der Waals surface area contributed by atoms with E-state index < -0.39 is 0 Å². The normalized spacial score (nSPS) is 10.9. The van der Waals surface area contributed by atoms with Gasteiger partial charge in [-0.05, 0) is 43.3 Å². The van der Waals surface area contributed by atoms with Gasteiger partial charge in [0.2, 0.25) is 5.91 Å². The zero-order chi connectivity index (χ0) is 20.3. The first-order chi connectivity index (χ1) is 13.4. The Bertz CT molecular complexity index is 1030. The number of nitrogens with zero attached hydrogens (tertiary/aromatic N) is 3. The maximum absolute atomic E-state index is 12.5. The number of para-hydroxylation sites is 1. The zero-order valence-electron chi connectivity index (χ0n) is 16.0. The number of fused-ring (bicyclic) bond motifs is 1. The number of hydrogen-bond donors (Lipinski definition) is 1. The number of hydrogen-bond acceptors (Lipinski definition) is 7. The second kappa shape index (κ2) is 8.93. The van der Waals surface area contributed by atoms with Crippen LogP contribution in [0.15, 0.2) is 40.5 Å². The Balaban J connectivity index is 1.70. The van der Waals surface area contributed by atoms with Crippen LogP contribution in [0.3, 0.4) is 0 Å². The number of aromatic nitrogens is 2. The van der Waals surface area contributed by atoms with Gasteiger partial charge in [0, 0.05) is 29.3 Å². The molecule has 0 fully saturated rings. The molecule has 2 amide bonds. The number of carbonyl (C=O) groups is 2. The van der Waals surface area contributed by atoms with E-state index >= 15 is 0 Å². The number of thiophene rings is 1. The van der Waals surface area contributed by atoms with E-state index in [1.165, 1.54) is 27.9 Å². The first-order valence-corrected chi connectivity index (χ1v) is 11.1. The van der Waals surface area contributed by atoms with Gasteiger partial charge in [0.15, 0.2) is 0 Å². The fourth-order valence-electron chi connectivity index (χ4n) is 2.42. The number of amides is 2. The zero-order valence-corrected chi connectivity index (χ0v) is 18.4. The van der Waals surface area contributed by atoms with E-state index in [0.717, 1.165) is 32.6 Å². The molecule has 2 aromatic heterocycles. The molecule has 0 aliphatic heterocycles. The number of anilines is 1. The molecule has 146 valence electrons. The third-order valence-corrected chi connectivity index (χ3v) is 7.21. The lowest BCUT2D eigenvalue weighted by Gasteiger charge is -2.13. The second-order valence-electron chi connectivity index (χ2n) is 6.24. The highest BCUT2D eigenvalue weighted by Gasteiger charge is 2.15. The van der Waals surface area contributed by atoms with Gasteiger partial charge in [-0.25, -0.2) is 9.97 Å². The first-order valence-electron chi connectivity index (χ1n) is 8.48. The molecule has 9 heteroatoms. The summed E-state index contributed by atoms with van der Waals surface area (Å²) in [6.07, 6.45) is 1.54. The number of aryl methyl sites for hydroxylation is 2. The minimum Gasteiger partial charge on any atom is -0.339 e. The van der Waals surface area contributed by atoms with Gasteiger partial charge in [-0.2, -0.15) is 0 Å². The average Bonchev–Trinajstić information content (AvgIpc) is 2.96. The van der Waals surface area contributed by atoms with E-state index in [-0.39, 0.29) is 16.9 Å². The lowest BCUT2D eigenvalue weighted by molar-refractivity contribution is -0.113. The summed E-state index contributed by atoms with van der Waals surface area (Å²) in [4.78, 5) is 37.5. The molecule has 0 saturated carbocycles. The number of benzene rings is 1.